The first-order chi connectivity index (χ1) is 13.8. The molecule has 7 heteroatoms. The van der Waals surface area contributed by atoms with E-state index >= 15 is 0 Å². The normalized spacial score (nSPS) is 25.8. The first-order valence-electron chi connectivity index (χ1n) is 11.4. The van der Waals surface area contributed by atoms with Crippen molar-refractivity contribution >= 4 is 11.9 Å². The molecule has 3 heterocycles. The van der Waals surface area contributed by atoms with Gasteiger partial charge >= 0.3 is 6.09 Å². The predicted molar refractivity (Wildman–Crippen MR) is 119 cm³/mol. The minimum Gasteiger partial charge on any atom is -0.444 e. The molecule has 1 aromatic heterocycles. The van der Waals surface area contributed by atoms with Crippen LogP contribution in [-0.4, -0.2) is 57.6 Å². The van der Waals surface area contributed by atoms with E-state index < -0.39 is 5.60 Å². The Balaban J connectivity index is 1.41. The van der Waals surface area contributed by atoms with Crippen molar-refractivity contribution in [1.29, 1.82) is 0 Å². The molecule has 168 valence electrons. The summed E-state index contributed by atoms with van der Waals surface area (Å²) in [6.45, 7) is 17.3. The van der Waals surface area contributed by atoms with Crippen molar-refractivity contribution in [2.24, 2.45) is 11.1 Å². The molecule has 0 aromatic carbocycles. The third-order valence-corrected chi connectivity index (χ3v) is 7.28. The van der Waals surface area contributed by atoms with Crippen LogP contribution >= 0.6 is 0 Å². The van der Waals surface area contributed by atoms with Crippen LogP contribution in [0.5, 0.6) is 0 Å². The lowest BCUT2D eigenvalue weighted by molar-refractivity contribution is -0.0930. The summed E-state index contributed by atoms with van der Waals surface area (Å²) in [5, 5.41) is 5.10. The predicted octanol–water partition coefficient (Wildman–Crippen LogP) is 3.78. The zero-order valence-electron chi connectivity index (χ0n) is 19.8. The van der Waals surface area contributed by atoms with Gasteiger partial charge in [-0.25, -0.2) is 4.79 Å². The zero-order valence-corrected chi connectivity index (χ0v) is 19.8. The lowest BCUT2D eigenvalue weighted by Gasteiger charge is -2.58. The maximum atomic E-state index is 12.3. The van der Waals surface area contributed by atoms with Crippen molar-refractivity contribution in [3.05, 3.63) is 11.3 Å². The van der Waals surface area contributed by atoms with Crippen LogP contribution in [0.15, 0.2) is 0 Å². The average molecular weight is 418 g/mol. The van der Waals surface area contributed by atoms with Crippen LogP contribution in [0.4, 0.5) is 10.6 Å². The smallest absolute Gasteiger partial charge is 0.410 e. The SMILES string of the molecule is Cc1c(N2CCC(N)CC2(C)C)nn(C2CC3(C2)CN(C(=O)OC(C)(C)C)C3)c1C. The van der Waals surface area contributed by atoms with Gasteiger partial charge < -0.3 is 20.3 Å². The summed E-state index contributed by atoms with van der Waals surface area (Å²) in [5.41, 5.74) is 8.62. The molecule has 7 nitrogen and oxygen atoms in total. The second-order valence-corrected chi connectivity index (χ2v) is 11.6. The number of rotatable bonds is 2. The Morgan fingerprint density at radius 2 is 1.80 bits per heavy atom. The van der Waals surface area contributed by atoms with E-state index in [9.17, 15) is 4.79 Å². The molecule has 3 fully saturated rings. The third-order valence-electron chi connectivity index (χ3n) is 7.28. The number of likely N-dealkylation sites (tertiary alicyclic amines) is 1. The number of ether oxygens (including phenoxy) is 1. The number of hydrogen-bond acceptors (Lipinski definition) is 5. The van der Waals surface area contributed by atoms with Crippen LogP contribution in [-0.2, 0) is 4.74 Å². The van der Waals surface area contributed by atoms with Crippen molar-refractivity contribution < 1.29 is 9.53 Å². The molecule has 2 aliphatic heterocycles. The molecule has 1 amide bonds. The Bertz CT molecular complexity index is 823. The Labute approximate surface area is 180 Å². The van der Waals surface area contributed by atoms with Crippen LogP contribution in [0, 0.1) is 19.3 Å². The lowest BCUT2D eigenvalue weighted by atomic mass is 9.61. The van der Waals surface area contributed by atoms with E-state index in [4.69, 9.17) is 15.6 Å². The van der Waals surface area contributed by atoms with Crippen molar-refractivity contribution in [3.63, 3.8) is 0 Å². The molecular weight excluding hydrogens is 378 g/mol. The topological polar surface area (TPSA) is 76.6 Å². The number of piperidine rings is 1. The molecule has 4 rings (SSSR count). The Morgan fingerprint density at radius 3 is 2.37 bits per heavy atom. The quantitative estimate of drug-likeness (QED) is 0.792. The summed E-state index contributed by atoms with van der Waals surface area (Å²) < 4.78 is 7.75. The van der Waals surface area contributed by atoms with E-state index in [1.54, 1.807) is 0 Å². The Kier molecular flexibility index (Phi) is 4.92. The number of nitrogens with zero attached hydrogens (tertiary/aromatic N) is 4. The van der Waals surface area contributed by atoms with Gasteiger partial charge in [-0.1, -0.05) is 0 Å². The van der Waals surface area contributed by atoms with E-state index in [1.807, 2.05) is 25.7 Å². The van der Waals surface area contributed by atoms with Crippen molar-refractivity contribution in [2.75, 3.05) is 24.5 Å². The largest absolute Gasteiger partial charge is 0.444 e. The molecular formula is C23H39N5O2. The molecule has 2 N–H and O–H groups in total. The lowest BCUT2D eigenvalue weighted by Crippen LogP contribution is -2.64. The summed E-state index contributed by atoms with van der Waals surface area (Å²) in [7, 11) is 0. The highest BCUT2D eigenvalue weighted by atomic mass is 16.6. The molecule has 1 spiro atoms. The van der Waals surface area contributed by atoms with Gasteiger partial charge in [0.15, 0.2) is 5.82 Å². The average Bonchev–Trinajstić information content (AvgIpc) is 2.78. The van der Waals surface area contributed by atoms with Gasteiger partial charge in [0.25, 0.3) is 0 Å². The first-order valence-corrected chi connectivity index (χ1v) is 11.4. The van der Waals surface area contributed by atoms with Gasteiger partial charge in [0.2, 0.25) is 0 Å². The van der Waals surface area contributed by atoms with Gasteiger partial charge in [0.1, 0.15) is 5.60 Å². The van der Waals surface area contributed by atoms with Crippen molar-refractivity contribution in [3.8, 4) is 0 Å². The van der Waals surface area contributed by atoms with Crippen LogP contribution in [0.1, 0.15) is 77.6 Å². The maximum absolute atomic E-state index is 12.3. The molecule has 2 saturated heterocycles. The van der Waals surface area contributed by atoms with Crippen molar-refractivity contribution in [2.45, 2.75) is 97.4 Å². The maximum Gasteiger partial charge on any atom is 0.410 e. The summed E-state index contributed by atoms with van der Waals surface area (Å²) in [6, 6.07) is 0.700. The molecule has 1 saturated carbocycles. The van der Waals surface area contributed by atoms with Gasteiger partial charge in [-0.2, -0.15) is 5.10 Å². The minimum atomic E-state index is -0.436. The fourth-order valence-corrected chi connectivity index (χ4v) is 5.63. The highest BCUT2D eigenvalue weighted by Gasteiger charge is 2.55. The summed E-state index contributed by atoms with van der Waals surface area (Å²) in [6.07, 6.45) is 3.99. The molecule has 0 bridgehead atoms. The van der Waals surface area contributed by atoms with Crippen LogP contribution in [0.3, 0.4) is 0 Å². The first kappa shape index (κ1) is 21.5. The number of aromatic nitrogens is 2. The second kappa shape index (κ2) is 6.87. The number of carbonyl (C=O) groups excluding carboxylic acids is 1. The Hall–Kier alpha value is -1.76. The standard InChI is InChI=1S/C23H39N5O2/c1-15-16(2)28(25-19(15)27-9-8-17(24)10-22(27,6)7)18-11-23(12-18)13-26(14-23)20(29)30-21(3,4)5/h17-18H,8-14,24H2,1-7H3. The van der Waals surface area contributed by atoms with Gasteiger partial charge in [-0.15, -0.1) is 0 Å². The summed E-state index contributed by atoms with van der Waals surface area (Å²) in [5.74, 6) is 1.12. The molecule has 3 aliphatic rings. The minimum absolute atomic E-state index is 0.0246. The fraction of sp³-hybridized carbons (Fsp3) is 0.826. The number of anilines is 1. The zero-order chi connectivity index (χ0) is 22.1. The molecule has 30 heavy (non-hydrogen) atoms. The second-order valence-electron chi connectivity index (χ2n) is 11.6. The summed E-state index contributed by atoms with van der Waals surface area (Å²) in [4.78, 5) is 16.5. The van der Waals surface area contributed by atoms with Crippen LogP contribution in [0.2, 0.25) is 0 Å². The highest BCUT2D eigenvalue weighted by molar-refractivity contribution is 5.69. The van der Waals surface area contributed by atoms with E-state index in [-0.39, 0.29) is 23.1 Å². The molecule has 0 radical (unpaired) electrons. The van der Waals surface area contributed by atoms with Crippen LogP contribution < -0.4 is 10.6 Å². The molecule has 1 atom stereocenters. The van der Waals surface area contributed by atoms with Crippen LogP contribution in [0.25, 0.3) is 0 Å². The monoisotopic (exact) mass is 417 g/mol. The number of nitrogens with two attached hydrogens (primary N) is 1. The summed E-state index contributed by atoms with van der Waals surface area (Å²) >= 11 is 0. The number of carbonyl (C=O) groups is 1. The van der Waals surface area contributed by atoms with Gasteiger partial charge in [0, 0.05) is 47.9 Å². The highest BCUT2D eigenvalue weighted by Crippen LogP contribution is 2.55. The fourth-order valence-electron chi connectivity index (χ4n) is 5.63. The Morgan fingerprint density at radius 1 is 1.17 bits per heavy atom. The molecule has 1 aromatic rings. The number of amides is 1. The third kappa shape index (κ3) is 3.70. The molecule has 1 unspecified atom stereocenters. The van der Waals surface area contributed by atoms with E-state index in [0.29, 0.717) is 6.04 Å². The van der Waals surface area contributed by atoms with E-state index in [0.717, 1.165) is 51.1 Å². The molecule has 1 aliphatic carbocycles. The van der Waals surface area contributed by atoms with Crippen molar-refractivity contribution in [1.82, 2.24) is 14.7 Å². The van der Waals surface area contributed by atoms with Gasteiger partial charge in [-0.3, -0.25) is 4.68 Å². The van der Waals surface area contributed by atoms with E-state index in [1.165, 1.54) is 11.3 Å². The van der Waals surface area contributed by atoms with Gasteiger partial charge in [0.05, 0.1) is 6.04 Å². The van der Waals surface area contributed by atoms with Gasteiger partial charge in [-0.05, 0) is 74.1 Å². The number of hydrogen-bond donors (Lipinski definition) is 1. The van der Waals surface area contributed by atoms with E-state index in [2.05, 4.69) is 37.3 Å².